The summed E-state index contributed by atoms with van der Waals surface area (Å²) in [6.45, 7) is 0. The molecule has 3 heteroatoms. The molecular formula is C28H26O3. The van der Waals surface area contributed by atoms with Crippen LogP contribution in [0, 0.1) is 5.92 Å². The predicted octanol–water partition coefficient (Wildman–Crippen LogP) is 6.08. The third-order valence-electron chi connectivity index (χ3n) is 6.24. The summed E-state index contributed by atoms with van der Waals surface area (Å²) >= 11 is 0. The van der Waals surface area contributed by atoms with Gasteiger partial charge in [-0.2, -0.15) is 0 Å². The van der Waals surface area contributed by atoms with Crippen LogP contribution < -0.4 is 0 Å². The number of benzene rings is 3. The summed E-state index contributed by atoms with van der Waals surface area (Å²) in [4.78, 5) is 36.8. The molecular weight excluding hydrogens is 384 g/mol. The van der Waals surface area contributed by atoms with Crippen molar-refractivity contribution < 1.29 is 14.4 Å². The molecule has 2 atom stereocenters. The molecule has 0 aromatic heterocycles. The minimum Gasteiger partial charge on any atom is -0.298 e. The lowest BCUT2D eigenvalue weighted by Crippen LogP contribution is -2.22. The first-order valence-electron chi connectivity index (χ1n) is 10.9. The summed E-state index contributed by atoms with van der Waals surface area (Å²) in [5, 5.41) is 0. The van der Waals surface area contributed by atoms with Crippen LogP contribution in [-0.4, -0.2) is 17.9 Å². The SMILES string of the molecule is O=Cc1cccc(CC(=O)c2cccc(C3CCCC(C(=O)c4ccccc4)C3)c2)c1. The number of hydrogen-bond donors (Lipinski definition) is 0. The third-order valence-corrected chi connectivity index (χ3v) is 6.24. The number of Topliss-reactive ketones (excluding diaryl/α,β-unsaturated/α-hetero) is 2. The van der Waals surface area contributed by atoms with Crippen LogP contribution in [0.5, 0.6) is 0 Å². The summed E-state index contributed by atoms with van der Waals surface area (Å²) in [5.41, 5.74) is 4.03. The molecule has 3 aromatic rings. The van der Waals surface area contributed by atoms with Gasteiger partial charge in [0, 0.05) is 29.0 Å². The van der Waals surface area contributed by atoms with E-state index in [4.69, 9.17) is 0 Å². The van der Waals surface area contributed by atoms with Gasteiger partial charge in [0.05, 0.1) is 0 Å². The van der Waals surface area contributed by atoms with Crippen molar-refractivity contribution in [1.82, 2.24) is 0 Å². The molecule has 0 N–H and O–H groups in total. The first kappa shape index (κ1) is 20.9. The molecule has 0 aliphatic heterocycles. The van der Waals surface area contributed by atoms with Gasteiger partial charge in [-0.05, 0) is 48.4 Å². The highest BCUT2D eigenvalue weighted by Gasteiger charge is 2.29. The molecule has 1 aliphatic carbocycles. The summed E-state index contributed by atoms with van der Waals surface area (Å²) in [7, 11) is 0. The number of ketones is 2. The second-order valence-electron chi connectivity index (χ2n) is 8.38. The second-order valence-corrected chi connectivity index (χ2v) is 8.38. The molecule has 0 radical (unpaired) electrons. The highest BCUT2D eigenvalue weighted by Crippen LogP contribution is 2.38. The highest BCUT2D eigenvalue weighted by atomic mass is 16.1. The van der Waals surface area contributed by atoms with E-state index < -0.39 is 0 Å². The van der Waals surface area contributed by atoms with E-state index in [0.29, 0.717) is 11.1 Å². The molecule has 0 saturated heterocycles. The largest absolute Gasteiger partial charge is 0.298 e. The lowest BCUT2D eigenvalue weighted by molar-refractivity contribution is 0.0879. The predicted molar refractivity (Wildman–Crippen MR) is 122 cm³/mol. The molecule has 0 amide bonds. The van der Waals surface area contributed by atoms with Gasteiger partial charge in [0.25, 0.3) is 0 Å². The fourth-order valence-electron chi connectivity index (χ4n) is 4.60. The highest BCUT2D eigenvalue weighted by molar-refractivity contribution is 5.98. The minimum absolute atomic E-state index is 0.0339. The van der Waals surface area contributed by atoms with Crippen LogP contribution in [0.15, 0.2) is 78.9 Å². The summed E-state index contributed by atoms with van der Waals surface area (Å²) < 4.78 is 0. The van der Waals surface area contributed by atoms with Crippen molar-refractivity contribution in [3.8, 4) is 0 Å². The van der Waals surface area contributed by atoms with Crippen LogP contribution in [0.25, 0.3) is 0 Å². The molecule has 0 bridgehead atoms. The van der Waals surface area contributed by atoms with E-state index in [2.05, 4.69) is 6.07 Å². The Morgan fingerprint density at radius 1 is 0.839 bits per heavy atom. The zero-order valence-corrected chi connectivity index (χ0v) is 17.5. The monoisotopic (exact) mass is 410 g/mol. The first-order valence-corrected chi connectivity index (χ1v) is 10.9. The van der Waals surface area contributed by atoms with E-state index in [1.165, 1.54) is 0 Å². The molecule has 0 spiro atoms. The minimum atomic E-state index is 0.0339. The lowest BCUT2D eigenvalue weighted by Gasteiger charge is -2.29. The molecule has 3 aromatic carbocycles. The Balaban J connectivity index is 1.47. The Morgan fingerprint density at radius 2 is 1.61 bits per heavy atom. The summed E-state index contributed by atoms with van der Waals surface area (Å²) in [5.74, 6) is 0.592. The maximum Gasteiger partial charge on any atom is 0.167 e. The van der Waals surface area contributed by atoms with E-state index >= 15 is 0 Å². The normalized spacial score (nSPS) is 18.3. The van der Waals surface area contributed by atoms with Gasteiger partial charge in [0.1, 0.15) is 6.29 Å². The van der Waals surface area contributed by atoms with E-state index in [1.54, 1.807) is 18.2 Å². The van der Waals surface area contributed by atoms with Crippen LogP contribution in [0.4, 0.5) is 0 Å². The summed E-state index contributed by atoms with van der Waals surface area (Å²) in [6.07, 6.45) is 4.88. The van der Waals surface area contributed by atoms with Crippen LogP contribution in [-0.2, 0) is 6.42 Å². The Hall–Kier alpha value is -3.33. The van der Waals surface area contributed by atoms with E-state index in [-0.39, 0.29) is 29.8 Å². The van der Waals surface area contributed by atoms with Gasteiger partial charge in [0.15, 0.2) is 11.6 Å². The molecule has 1 fully saturated rings. The van der Waals surface area contributed by atoms with Gasteiger partial charge in [0.2, 0.25) is 0 Å². The third kappa shape index (κ3) is 5.05. The van der Waals surface area contributed by atoms with Crippen molar-refractivity contribution in [2.24, 2.45) is 5.92 Å². The molecule has 2 unspecified atom stereocenters. The number of aldehydes is 1. The van der Waals surface area contributed by atoms with Crippen molar-refractivity contribution in [1.29, 1.82) is 0 Å². The fraction of sp³-hybridized carbons (Fsp3) is 0.250. The van der Waals surface area contributed by atoms with E-state index in [9.17, 15) is 14.4 Å². The topological polar surface area (TPSA) is 51.2 Å². The van der Waals surface area contributed by atoms with Crippen molar-refractivity contribution in [3.63, 3.8) is 0 Å². The van der Waals surface area contributed by atoms with Crippen molar-refractivity contribution in [3.05, 3.63) is 107 Å². The van der Waals surface area contributed by atoms with Crippen LogP contribution in [0.2, 0.25) is 0 Å². The van der Waals surface area contributed by atoms with Crippen LogP contribution in [0.3, 0.4) is 0 Å². The summed E-state index contributed by atoms with van der Waals surface area (Å²) in [6, 6.07) is 24.6. The van der Waals surface area contributed by atoms with Gasteiger partial charge in [-0.1, -0.05) is 73.2 Å². The van der Waals surface area contributed by atoms with Gasteiger partial charge in [-0.15, -0.1) is 0 Å². The van der Waals surface area contributed by atoms with Crippen LogP contribution >= 0.6 is 0 Å². The quantitative estimate of drug-likeness (QED) is 0.350. The van der Waals surface area contributed by atoms with Crippen molar-refractivity contribution >= 4 is 17.9 Å². The second kappa shape index (κ2) is 9.65. The molecule has 156 valence electrons. The number of carbonyl (C=O) groups excluding carboxylic acids is 3. The first-order chi connectivity index (χ1) is 15.1. The Labute approximate surface area is 183 Å². The van der Waals surface area contributed by atoms with Crippen molar-refractivity contribution in [2.75, 3.05) is 0 Å². The van der Waals surface area contributed by atoms with Crippen LogP contribution in [0.1, 0.15) is 73.8 Å². The lowest BCUT2D eigenvalue weighted by atomic mass is 9.75. The van der Waals surface area contributed by atoms with Gasteiger partial charge in [-0.3, -0.25) is 14.4 Å². The maximum atomic E-state index is 12.9. The van der Waals surface area contributed by atoms with Gasteiger partial charge < -0.3 is 0 Å². The molecule has 31 heavy (non-hydrogen) atoms. The zero-order chi connectivity index (χ0) is 21.6. The van der Waals surface area contributed by atoms with Crippen molar-refractivity contribution in [2.45, 2.75) is 38.0 Å². The average Bonchev–Trinajstić information content (AvgIpc) is 2.84. The Morgan fingerprint density at radius 3 is 2.42 bits per heavy atom. The van der Waals surface area contributed by atoms with E-state index in [1.807, 2.05) is 54.6 Å². The van der Waals surface area contributed by atoms with Gasteiger partial charge >= 0.3 is 0 Å². The molecule has 1 aliphatic rings. The smallest absolute Gasteiger partial charge is 0.167 e. The number of rotatable bonds is 7. The molecule has 4 rings (SSSR count). The fourth-order valence-corrected chi connectivity index (χ4v) is 4.60. The Kier molecular flexibility index (Phi) is 6.51. The molecule has 3 nitrogen and oxygen atoms in total. The zero-order valence-electron chi connectivity index (χ0n) is 17.5. The molecule has 1 saturated carbocycles. The average molecular weight is 411 g/mol. The molecule has 0 heterocycles. The number of hydrogen-bond acceptors (Lipinski definition) is 3. The number of carbonyl (C=O) groups is 3. The van der Waals surface area contributed by atoms with Gasteiger partial charge in [-0.25, -0.2) is 0 Å². The maximum absolute atomic E-state index is 12.9. The van der Waals surface area contributed by atoms with E-state index in [0.717, 1.165) is 48.7 Å². The Bertz CT molecular complexity index is 1080. The standard InChI is InChI=1S/C28H26O3/c29-19-21-8-4-7-20(15-21)16-27(30)25-13-5-11-23(17-25)24-12-6-14-26(18-24)28(31)22-9-2-1-3-10-22/h1-5,7-11,13,15,17,19,24,26H,6,12,14,16,18H2.